The number of carbonyl (C=O) groups excluding carboxylic acids is 2. The molecular weight excluding hydrogens is 260 g/mol. The van der Waals surface area contributed by atoms with E-state index in [2.05, 4.69) is 0 Å². The highest BCUT2D eigenvalue weighted by molar-refractivity contribution is 6.10. The minimum atomic E-state index is -0.400. The summed E-state index contributed by atoms with van der Waals surface area (Å²) in [6, 6.07) is 16.5. The number of hydrogen-bond acceptors (Lipinski definition) is 2. The number of rotatable bonds is 4. The van der Waals surface area contributed by atoms with E-state index in [1.54, 1.807) is 18.2 Å². The van der Waals surface area contributed by atoms with Crippen LogP contribution in [0.4, 0.5) is 0 Å². The summed E-state index contributed by atoms with van der Waals surface area (Å²) in [6.07, 6.45) is 0.290. The van der Waals surface area contributed by atoms with Gasteiger partial charge in [0.05, 0.1) is 0 Å². The van der Waals surface area contributed by atoms with Gasteiger partial charge in [0.25, 0.3) is 0 Å². The maximum atomic E-state index is 12.6. The van der Waals surface area contributed by atoms with E-state index in [1.807, 2.05) is 57.2 Å². The van der Waals surface area contributed by atoms with Crippen LogP contribution in [0.25, 0.3) is 0 Å². The lowest BCUT2D eigenvalue weighted by atomic mass is 9.85. The largest absolute Gasteiger partial charge is 0.299 e. The van der Waals surface area contributed by atoms with Crippen molar-refractivity contribution in [3.05, 3.63) is 71.3 Å². The predicted octanol–water partition coefficient (Wildman–Crippen LogP) is 4.08. The predicted molar refractivity (Wildman–Crippen MR) is 84.5 cm³/mol. The highest BCUT2D eigenvalue weighted by Gasteiger charge is 2.23. The summed E-state index contributed by atoms with van der Waals surface area (Å²) in [5, 5.41) is 0. The Hall–Kier alpha value is -2.22. The Kier molecular flexibility index (Phi) is 4.37. The van der Waals surface area contributed by atoms with Crippen molar-refractivity contribution in [2.24, 2.45) is 5.41 Å². The van der Waals surface area contributed by atoms with Crippen molar-refractivity contribution in [3.63, 3.8) is 0 Å². The van der Waals surface area contributed by atoms with Crippen LogP contribution in [0.15, 0.2) is 54.6 Å². The summed E-state index contributed by atoms with van der Waals surface area (Å²) in [7, 11) is 0. The van der Waals surface area contributed by atoms with Crippen LogP contribution >= 0.6 is 0 Å². The molecule has 0 aliphatic carbocycles. The molecule has 0 bridgehead atoms. The highest BCUT2D eigenvalue weighted by Crippen LogP contribution is 2.21. The van der Waals surface area contributed by atoms with Crippen LogP contribution in [0.5, 0.6) is 0 Å². The molecule has 0 heterocycles. The first-order valence-electron chi connectivity index (χ1n) is 7.10. The van der Waals surface area contributed by atoms with Gasteiger partial charge in [-0.25, -0.2) is 0 Å². The Morgan fingerprint density at radius 1 is 0.857 bits per heavy atom. The van der Waals surface area contributed by atoms with E-state index in [0.717, 1.165) is 5.56 Å². The molecular formula is C19H20O2. The van der Waals surface area contributed by atoms with E-state index in [0.29, 0.717) is 11.1 Å². The van der Waals surface area contributed by atoms with Crippen molar-refractivity contribution >= 4 is 11.6 Å². The summed E-state index contributed by atoms with van der Waals surface area (Å²) in [5.41, 5.74) is 1.66. The first-order valence-corrected chi connectivity index (χ1v) is 7.10. The van der Waals surface area contributed by atoms with Gasteiger partial charge in [0, 0.05) is 23.0 Å². The molecule has 0 atom stereocenters. The zero-order valence-electron chi connectivity index (χ0n) is 12.7. The standard InChI is InChI=1S/C19H20O2/c1-19(2,3)17(20)13-15-11-7-8-12-16(15)18(21)14-9-5-4-6-10-14/h4-12H,13H2,1-3H3. The molecule has 0 aliphatic heterocycles. The van der Waals surface area contributed by atoms with E-state index >= 15 is 0 Å². The minimum Gasteiger partial charge on any atom is -0.299 e. The van der Waals surface area contributed by atoms with Crippen LogP contribution < -0.4 is 0 Å². The van der Waals surface area contributed by atoms with Crippen LogP contribution in [0.2, 0.25) is 0 Å². The summed E-state index contributed by atoms with van der Waals surface area (Å²) in [4.78, 5) is 24.8. The lowest BCUT2D eigenvalue weighted by Crippen LogP contribution is -2.23. The second-order valence-corrected chi connectivity index (χ2v) is 6.20. The Labute approximate surface area is 125 Å². The Morgan fingerprint density at radius 3 is 2.05 bits per heavy atom. The molecule has 2 aromatic rings. The number of hydrogen-bond donors (Lipinski definition) is 0. The molecule has 0 unspecified atom stereocenters. The van der Waals surface area contributed by atoms with Crippen molar-refractivity contribution in [1.29, 1.82) is 0 Å². The Bertz CT molecular complexity index is 649. The highest BCUT2D eigenvalue weighted by atomic mass is 16.1. The Balaban J connectivity index is 2.34. The van der Waals surface area contributed by atoms with Crippen LogP contribution in [-0.2, 0) is 11.2 Å². The number of benzene rings is 2. The maximum Gasteiger partial charge on any atom is 0.193 e. The third-order valence-electron chi connectivity index (χ3n) is 3.49. The molecule has 2 nitrogen and oxygen atoms in total. The zero-order chi connectivity index (χ0) is 15.5. The molecule has 2 heteroatoms. The normalized spacial score (nSPS) is 11.2. The zero-order valence-corrected chi connectivity index (χ0v) is 12.7. The quantitative estimate of drug-likeness (QED) is 0.791. The van der Waals surface area contributed by atoms with E-state index < -0.39 is 5.41 Å². The third kappa shape index (κ3) is 3.66. The smallest absolute Gasteiger partial charge is 0.193 e. The van der Waals surface area contributed by atoms with Crippen LogP contribution in [0, 0.1) is 5.41 Å². The molecule has 0 saturated carbocycles. The fourth-order valence-electron chi connectivity index (χ4n) is 2.08. The third-order valence-corrected chi connectivity index (χ3v) is 3.49. The topological polar surface area (TPSA) is 34.1 Å². The van der Waals surface area contributed by atoms with E-state index in [1.165, 1.54) is 0 Å². The molecule has 0 fully saturated rings. The molecule has 0 amide bonds. The van der Waals surface area contributed by atoms with Gasteiger partial charge in [-0.3, -0.25) is 9.59 Å². The molecule has 0 aromatic heterocycles. The molecule has 0 spiro atoms. The second-order valence-electron chi connectivity index (χ2n) is 6.20. The van der Waals surface area contributed by atoms with E-state index in [9.17, 15) is 9.59 Å². The number of Topliss-reactive ketones (excluding diaryl/α,β-unsaturated/α-hetero) is 1. The maximum absolute atomic E-state index is 12.6. The fraction of sp³-hybridized carbons (Fsp3) is 0.263. The summed E-state index contributed by atoms with van der Waals surface area (Å²) < 4.78 is 0. The fourth-order valence-corrected chi connectivity index (χ4v) is 2.08. The van der Waals surface area contributed by atoms with Crippen LogP contribution in [0.3, 0.4) is 0 Å². The lowest BCUT2D eigenvalue weighted by Gasteiger charge is -2.17. The van der Waals surface area contributed by atoms with Gasteiger partial charge in [-0.05, 0) is 5.56 Å². The van der Waals surface area contributed by atoms with Gasteiger partial charge in [0.15, 0.2) is 5.78 Å². The molecule has 2 aromatic carbocycles. The van der Waals surface area contributed by atoms with Gasteiger partial charge in [0.1, 0.15) is 5.78 Å². The van der Waals surface area contributed by atoms with Crippen molar-refractivity contribution in [2.45, 2.75) is 27.2 Å². The summed E-state index contributed by atoms with van der Waals surface area (Å²) >= 11 is 0. The molecule has 0 saturated heterocycles. The van der Waals surface area contributed by atoms with Gasteiger partial charge < -0.3 is 0 Å². The number of carbonyl (C=O) groups is 2. The van der Waals surface area contributed by atoms with Gasteiger partial charge >= 0.3 is 0 Å². The molecule has 21 heavy (non-hydrogen) atoms. The number of ketones is 2. The van der Waals surface area contributed by atoms with Crippen LogP contribution in [-0.4, -0.2) is 11.6 Å². The van der Waals surface area contributed by atoms with Crippen molar-refractivity contribution in [3.8, 4) is 0 Å². The van der Waals surface area contributed by atoms with Crippen LogP contribution in [0.1, 0.15) is 42.3 Å². The van der Waals surface area contributed by atoms with E-state index in [-0.39, 0.29) is 18.0 Å². The first-order chi connectivity index (χ1) is 9.89. The van der Waals surface area contributed by atoms with Gasteiger partial charge in [0.2, 0.25) is 0 Å². The van der Waals surface area contributed by atoms with Gasteiger partial charge in [-0.2, -0.15) is 0 Å². The summed E-state index contributed by atoms with van der Waals surface area (Å²) in [6.45, 7) is 5.70. The molecule has 2 rings (SSSR count). The minimum absolute atomic E-state index is 0.0343. The average molecular weight is 280 g/mol. The second kappa shape index (κ2) is 6.04. The first kappa shape index (κ1) is 15.2. The average Bonchev–Trinajstić information content (AvgIpc) is 2.47. The van der Waals surface area contributed by atoms with Gasteiger partial charge in [-0.15, -0.1) is 0 Å². The van der Waals surface area contributed by atoms with Crippen molar-refractivity contribution in [1.82, 2.24) is 0 Å². The molecule has 108 valence electrons. The van der Waals surface area contributed by atoms with Crippen molar-refractivity contribution in [2.75, 3.05) is 0 Å². The lowest BCUT2D eigenvalue weighted by molar-refractivity contribution is -0.125. The molecule has 0 N–H and O–H groups in total. The van der Waals surface area contributed by atoms with Gasteiger partial charge in [-0.1, -0.05) is 75.4 Å². The molecule has 0 aliphatic rings. The molecule has 0 radical (unpaired) electrons. The monoisotopic (exact) mass is 280 g/mol. The van der Waals surface area contributed by atoms with Crippen molar-refractivity contribution < 1.29 is 9.59 Å². The van der Waals surface area contributed by atoms with E-state index in [4.69, 9.17) is 0 Å². The summed E-state index contributed by atoms with van der Waals surface area (Å²) in [5.74, 6) is 0.101. The Morgan fingerprint density at radius 2 is 1.43 bits per heavy atom. The SMILES string of the molecule is CC(C)(C)C(=O)Cc1ccccc1C(=O)c1ccccc1.